The molecule has 0 aromatic carbocycles. The van der Waals surface area contributed by atoms with E-state index in [1.165, 1.54) is 32.9 Å². The van der Waals surface area contributed by atoms with Gasteiger partial charge in [0.05, 0.1) is 5.92 Å². The van der Waals surface area contributed by atoms with Crippen LogP contribution in [0.5, 0.6) is 0 Å². The molecule has 2 bridgehead atoms. The highest BCUT2D eigenvalue weighted by Gasteiger charge is 2.66. The third-order valence-corrected chi connectivity index (χ3v) is 5.97. The lowest BCUT2D eigenvalue weighted by Gasteiger charge is -2.51. The van der Waals surface area contributed by atoms with Crippen molar-refractivity contribution in [2.75, 3.05) is 14.2 Å². The molecule has 5 nitrogen and oxygen atoms in total. The van der Waals surface area contributed by atoms with Crippen molar-refractivity contribution < 1.29 is 23.9 Å². The van der Waals surface area contributed by atoms with E-state index in [4.69, 9.17) is 9.47 Å². The number of allylic oxidation sites excluding steroid dienone is 1. The summed E-state index contributed by atoms with van der Waals surface area (Å²) in [6.07, 6.45) is 2.11. The summed E-state index contributed by atoms with van der Waals surface area (Å²) in [5.41, 5.74) is 0.557. The van der Waals surface area contributed by atoms with Crippen molar-refractivity contribution in [1.29, 1.82) is 0 Å². The van der Waals surface area contributed by atoms with Gasteiger partial charge in [-0.25, -0.2) is 0 Å². The van der Waals surface area contributed by atoms with Gasteiger partial charge in [0.15, 0.2) is 16.7 Å². The summed E-state index contributed by atoms with van der Waals surface area (Å²) in [5, 5.41) is -0.0435. The van der Waals surface area contributed by atoms with Gasteiger partial charge < -0.3 is 9.47 Å². The van der Waals surface area contributed by atoms with Crippen molar-refractivity contribution >= 4 is 28.4 Å². The minimum absolute atomic E-state index is 0.0356. The van der Waals surface area contributed by atoms with E-state index in [-0.39, 0.29) is 27.8 Å². The first-order valence-corrected chi connectivity index (χ1v) is 7.41. The molecule has 2 fully saturated rings. The standard InChI is InChI=1S/C14H16O5S/c1-6(15)7-4-9-8-5-10(16)20-12(8)11(7)14(18-2,19-3)13(9)17/h4,8-9,11-12H,5H2,1-3H3/t8-,9+,11-,12-/m0/s1. The first kappa shape index (κ1) is 14.0. The molecule has 4 rings (SSSR count). The molecule has 1 heterocycles. The molecule has 20 heavy (non-hydrogen) atoms. The Kier molecular flexibility index (Phi) is 3.15. The number of fused-ring (bicyclic) bond motifs is 1. The fourth-order valence-corrected chi connectivity index (χ4v) is 5.29. The number of Topliss-reactive ketones (excluding diaryl/α,β-unsaturated/α-hetero) is 2. The van der Waals surface area contributed by atoms with Crippen LogP contribution in [0.25, 0.3) is 0 Å². The molecular weight excluding hydrogens is 280 g/mol. The molecule has 0 amide bonds. The van der Waals surface area contributed by atoms with Gasteiger partial charge in [0.25, 0.3) is 0 Å². The van der Waals surface area contributed by atoms with Crippen LogP contribution in [-0.2, 0) is 23.9 Å². The molecule has 0 unspecified atom stereocenters. The van der Waals surface area contributed by atoms with Gasteiger partial charge in [0.1, 0.15) is 0 Å². The quantitative estimate of drug-likeness (QED) is 0.723. The van der Waals surface area contributed by atoms with Crippen LogP contribution in [-0.4, -0.2) is 41.9 Å². The minimum atomic E-state index is -1.43. The second-order valence-electron chi connectivity index (χ2n) is 5.44. The van der Waals surface area contributed by atoms with E-state index in [0.29, 0.717) is 12.0 Å². The maximum absolute atomic E-state index is 12.7. The SMILES string of the molecule is COC1(OC)C(=O)[C@@H]2C=C(C(C)=O)[C@H]1[C@H]1SC(=O)C[C@H]12. The lowest BCUT2D eigenvalue weighted by Crippen LogP contribution is -2.65. The highest BCUT2D eigenvalue weighted by molar-refractivity contribution is 8.14. The van der Waals surface area contributed by atoms with Gasteiger partial charge in [-0.2, -0.15) is 0 Å². The summed E-state index contributed by atoms with van der Waals surface area (Å²) >= 11 is 1.22. The van der Waals surface area contributed by atoms with Gasteiger partial charge in [-0.05, 0) is 12.8 Å². The molecule has 3 aliphatic carbocycles. The van der Waals surface area contributed by atoms with Crippen molar-refractivity contribution in [2.45, 2.75) is 24.4 Å². The fourth-order valence-electron chi connectivity index (χ4n) is 3.79. The lowest BCUT2D eigenvalue weighted by atomic mass is 9.60. The lowest BCUT2D eigenvalue weighted by molar-refractivity contribution is -0.239. The number of methoxy groups -OCH3 is 2. The zero-order valence-corrected chi connectivity index (χ0v) is 12.4. The van der Waals surface area contributed by atoms with Gasteiger partial charge in [-0.3, -0.25) is 14.4 Å². The number of carbonyl (C=O) groups excluding carboxylic acids is 3. The second kappa shape index (κ2) is 4.51. The van der Waals surface area contributed by atoms with Crippen LogP contribution in [0.1, 0.15) is 13.3 Å². The average molecular weight is 296 g/mol. The summed E-state index contributed by atoms with van der Waals surface area (Å²) in [6, 6.07) is 0. The van der Waals surface area contributed by atoms with Crippen molar-refractivity contribution in [3.8, 4) is 0 Å². The first-order valence-electron chi connectivity index (χ1n) is 6.53. The minimum Gasteiger partial charge on any atom is -0.346 e. The number of carbonyl (C=O) groups is 3. The predicted molar refractivity (Wildman–Crippen MR) is 72.0 cm³/mol. The van der Waals surface area contributed by atoms with E-state index >= 15 is 0 Å². The molecule has 0 aromatic rings. The predicted octanol–water partition coefficient (Wildman–Crippen LogP) is 0.968. The number of thioether (sulfide) groups is 1. The third-order valence-electron chi connectivity index (χ3n) is 4.64. The Balaban J connectivity index is 2.17. The highest BCUT2D eigenvalue weighted by Crippen LogP contribution is 2.58. The fraction of sp³-hybridized carbons (Fsp3) is 0.643. The van der Waals surface area contributed by atoms with E-state index < -0.39 is 17.6 Å². The van der Waals surface area contributed by atoms with Gasteiger partial charge in [-0.1, -0.05) is 17.8 Å². The molecule has 6 heteroatoms. The number of hydrogen-bond donors (Lipinski definition) is 0. The number of rotatable bonds is 3. The molecule has 1 saturated heterocycles. The van der Waals surface area contributed by atoms with Gasteiger partial charge in [-0.15, -0.1) is 0 Å². The van der Waals surface area contributed by atoms with E-state index in [9.17, 15) is 14.4 Å². The molecular formula is C14H16O5S. The Hall–Kier alpha value is -0.980. The Bertz CT molecular complexity index is 534. The molecule has 4 atom stereocenters. The Labute approximate surface area is 121 Å². The maximum atomic E-state index is 12.7. The molecule has 0 spiro atoms. The Morgan fingerprint density at radius 2 is 2.00 bits per heavy atom. The summed E-state index contributed by atoms with van der Waals surface area (Å²) in [6.45, 7) is 1.48. The Morgan fingerprint density at radius 3 is 2.55 bits per heavy atom. The van der Waals surface area contributed by atoms with E-state index in [1.54, 1.807) is 6.08 Å². The monoisotopic (exact) mass is 296 g/mol. The largest absolute Gasteiger partial charge is 0.346 e. The van der Waals surface area contributed by atoms with E-state index in [0.717, 1.165) is 0 Å². The second-order valence-corrected chi connectivity index (χ2v) is 6.68. The summed E-state index contributed by atoms with van der Waals surface area (Å²) < 4.78 is 10.8. The van der Waals surface area contributed by atoms with Crippen molar-refractivity contribution in [2.24, 2.45) is 17.8 Å². The number of hydrogen-bond acceptors (Lipinski definition) is 6. The van der Waals surface area contributed by atoms with Crippen molar-refractivity contribution in [3.05, 3.63) is 11.6 Å². The van der Waals surface area contributed by atoms with Gasteiger partial charge in [0, 0.05) is 37.4 Å². The zero-order chi connectivity index (χ0) is 14.7. The van der Waals surface area contributed by atoms with Crippen LogP contribution < -0.4 is 0 Å². The van der Waals surface area contributed by atoms with Gasteiger partial charge >= 0.3 is 0 Å². The van der Waals surface area contributed by atoms with Gasteiger partial charge in [0.2, 0.25) is 5.79 Å². The number of ketones is 2. The van der Waals surface area contributed by atoms with Crippen LogP contribution >= 0.6 is 11.8 Å². The van der Waals surface area contributed by atoms with Crippen molar-refractivity contribution in [1.82, 2.24) is 0 Å². The summed E-state index contributed by atoms with van der Waals surface area (Å²) in [5.74, 6) is -2.71. The smallest absolute Gasteiger partial charge is 0.237 e. The van der Waals surface area contributed by atoms with Crippen LogP contribution in [0.15, 0.2) is 11.6 Å². The van der Waals surface area contributed by atoms with Crippen LogP contribution in [0, 0.1) is 17.8 Å². The molecule has 4 aliphatic rings. The highest BCUT2D eigenvalue weighted by atomic mass is 32.2. The van der Waals surface area contributed by atoms with E-state index in [1.807, 2.05) is 0 Å². The van der Waals surface area contributed by atoms with Crippen LogP contribution in [0.4, 0.5) is 0 Å². The topological polar surface area (TPSA) is 69.7 Å². The third kappa shape index (κ3) is 1.55. The maximum Gasteiger partial charge on any atom is 0.237 e. The van der Waals surface area contributed by atoms with E-state index in [2.05, 4.69) is 0 Å². The zero-order valence-electron chi connectivity index (χ0n) is 11.5. The molecule has 0 radical (unpaired) electrons. The van der Waals surface area contributed by atoms with Crippen LogP contribution in [0.2, 0.25) is 0 Å². The molecule has 108 valence electrons. The average Bonchev–Trinajstić information content (AvgIpc) is 2.81. The summed E-state index contributed by atoms with van der Waals surface area (Å²) in [7, 11) is 2.83. The summed E-state index contributed by atoms with van der Waals surface area (Å²) in [4.78, 5) is 36.3. The molecule has 0 aromatic heterocycles. The normalized spacial score (nSPS) is 37.9. The molecule has 0 N–H and O–H groups in total. The number of ether oxygens (including phenoxy) is 2. The molecule has 1 saturated carbocycles. The van der Waals surface area contributed by atoms with Crippen molar-refractivity contribution in [3.63, 3.8) is 0 Å². The Morgan fingerprint density at radius 1 is 1.35 bits per heavy atom. The van der Waals surface area contributed by atoms with Crippen LogP contribution in [0.3, 0.4) is 0 Å². The molecule has 1 aliphatic heterocycles. The first-order chi connectivity index (χ1) is 9.46.